The predicted octanol–water partition coefficient (Wildman–Crippen LogP) is 3.90. The summed E-state index contributed by atoms with van der Waals surface area (Å²) in [6, 6.07) is 0. The van der Waals surface area contributed by atoms with Crippen LogP contribution in [0.15, 0.2) is 10.4 Å². The number of hydrogen-bond donors (Lipinski definition) is 1. The van der Waals surface area contributed by atoms with Gasteiger partial charge in [-0.05, 0) is 25.2 Å². The van der Waals surface area contributed by atoms with E-state index in [4.69, 9.17) is 0 Å². The van der Waals surface area contributed by atoms with E-state index in [9.17, 15) is 0 Å². The Morgan fingerprint density at radius 1 is 1.45 bits per heavy atom. The van der Waals surface area contributed by atoms with Gasteiger partial charge in [0, 0.05) is 26.0 Å². The van der Waals surface area contributed by atoms with Gasteiger partial charge in [0.05, 0.1) is 17.2 Å². The summed E-state index contributed by atoms with van der Waals surface area (Å²) in [5, 5.41) is 6.80. The van der Waals surface area contributed by atoms with E-state index in [1.54, 1.807) is 11.3 Å². The fourth-order valence-electron chi connectivity index (χ4n) is 3.10. The highest BCUT2D eigenvalue weighted by Gasteiger charge is 2.21. The van der Waals surface area contributed by atoms with Gasteiger partial charge in [0.25, 0.3) is 0 Å². The van der Waals surface area contributed by atoms with Crippen LogP contribution in [0, 0.1) is 18.8 Å². The van der Waals surface area contributed by atoms with E-state index in [-0.39, 0.29) is 24.0 Å². The molecule has 0 amide bonds. The summed E-state index contributed by atoms with van der Waals surface area (Å²) < 4.78 is 0. The molecule has 0 saturated heterocycles. The highest BCUT2D eigenvalue weighted by molar-refractivity contribution is 14.0. The molecule has 22 heavy (non-hydrogen) atoms. The zero-order valence-corrected chi connectivity index (χ0v) is 17.3. The number of nitrogens with one attached hydrogen (secondary N) is 1. The SMILES string of the molecule is CN=C(NCC1CCCCC1C)N(C)Cc1csc(C)n1.I. The average molecular weight is 436 g/mol. The summed E-state index contributed by atoms with van der Waals surface area (Å²) in [7, 11) is 3.93. The van der Waals surface area contributed by atoms with E-state index in [0.717, 1.165) is 41.6 Å². The van der Waals surface area contributed by atoms with Gasteiger partial charge in [-0.1, -0.05) is 26.2 Å². The molecular formula is C16H29IN4S. The largest absolute Gasteiger partial charge is 0.356 e. The topological polar surface area (TPSA) is 40.5 Å². The van der Waals surface area contributed by atoms with Gasteiger partial charge < -0.3 is 10.2 Å². The van der Waals surface area contributed by atoms with Gasteiger partial charge in [-0.3, -0.25) is 4.99 Å². The Morgan fingerprint density at radius 2 is 2.18 bits per heavy atom. The van der Waals surface area contributed by atoms with E-state index in [2.05, 4.69) is 39.5 Å². The molecule has 0 aliphatic heterocycles. The molecule has 2 atom stereocenters. The first-order valence-corrected chi connectivity index (χ1v) is 8.81. The fourth-order valence-corrected chi connectivity index (χ4v) is 3.71. The van der Waals surface area contributed by atoms with Crippen LogP contribution in [0.25, 0.3) is 0 Å². The number of aryl methyl sites for hydroxylation is 1. The van der Waals surface area contributed by atoms with Crippen molar-refractivity contribution in [2.45, 2.75) is 46.1 Å². The van der Waals surface area contributed by atoms with Crippen molar-refractivity contribution in [3.63, 3.8) is 0 Å². The third-order valence-corrected chi connectivity index (χ3v) is 5.27. The number of thiazole rings is 1. The van der Waals surface area contributed by atoms with Crippen LogP contribution in [0.3, 0.4) is 0 Å². The molecule has 0 spiro atoms. The van der Waals surface area contributed by atoms with Gasteiger partial charge in [-0.2, -0.15) is 0 Å². The Bertz CT molecular complexity index is 474. The number of rotatable bonds is 4. The third kappa shape index (κ3) is 5.68. The summed E-state index contributed by atoms with van der Waals surface area (Å²) in [4.78, 5) is 11.1. The van der Waals surface area contributed by atoms with Crippen molar-refractivity contribution in [2.75, 3.05) is 20.6 Å². The monoisotopic (exact) mass is 436 g/mol. The molecule has 6 heteroatoms. The number of hydrogen-bond acceptors (Lipinski definition) is 3. The van der Waals surface area contributed by atoms with E-state index >= 15 is 0 Å². The highest BCUT2D eigenvalue weighted by atomic mass is 127. The van der Waals surface area contributed by atoms with Crippen LogP contribution in [0.1, 0.15) is 43.3 Å². The molecule has 4 nitrogen and oxygen atoms in total. The minimum Gasteiger partial charge on any atom is -0.356 e. The first kappa shape index (κ1) is 19.7. The Hall–Kier alpha value is -0.370. The number of halogens is 1. The van der Waals surface area contributed by atoms with Crippen molar-refractivity contribution >= 4 is 41.3 Å². The molecule has 0 bridgehead atoms. The quantitative estimate of drug-likeness (QED) is 0.442. The van der Waals surface area contributed by atoms with E-state index in [0.29, 0.717) is 0 Å². The molecule has 1 fully saturated rings. The minimum atomic E-state index is 0. The van der Waals surface area contributed by atoms with Crippen molar-refractivity contribution in [3.8, 4) is 0 Å². The average Bonchev–Trinajstić information content (AvgIpc) is 2.86. The molecule has 2 unspecified atom stereocenters. The molecule has 1 heterocycles. The van der Waals surface area contributed by atoms with Crippen LogP contribution in [-0.4, -0.2) is 36.5 Å². The zero-order chi connectivity index (χ0) is 15.2. The molecule has 0 aromatic carbocycles. The molecule has 1 aliphatic carbocycles. The zero-order valence-electron chi connectivity index (χ0n) is 14.1. The van der Waals surface area contributed by atoms with E-state index in [1.165, 1.54) is 25.7 Å². The third-order valence-electron chi connectivity index (χ3n) is 4.45. The number of guanidine groups is 1. The fraction of sp³-hybridized carbons (Fsp3) is 0.750. The summed E-state index contributed by atoms with van der Waals surface area (Å²) in [6.45, 7) is 6.28. The Morgan fingerprint density at radius 3 is 2.77 bits per heavy atom. The number of nitrogens with zero attached hydrogens (tertiary/aromatic N) is 3. The smallest absolute Gasteiger partial charge is 0.193 e. The second-order valence-corrected chi connectivity index (χ2v) is 7.23. The van der Waals surface area contributed by atoms with Crippen LogP contribution >= 0.6 is 35.3 Å². The summed E-state index contributed by atoms with van der Waals surface area (Å²) in [5.41, 5.74) is 1.12. The second kappa shape index (κ2) is 9.70. The molecular weight excluding hydrogens is 407 g/mol. The molecule has 2 rings (SSSR count). The van der Waals surface area contributed by atoms with Gasteiger partial charge >= 0.3 is 0 Å². The molecule has 1 aromatic heterocycles. The second-order valence-electron chi connectivity index (χ2n) is 6.16. The molecule has 1 N–H and O–H groups in total. The summed E-state index contributed by atoms with van der Waals surface area (Å²) in [5.74, 6) is 2.58. The molecule has 126 valence electrons. The summed E-state index contributed by atoms with van der Waals surface area (Å²) in [6.07, 6.45) is 5.50. The van der Waals surface area contributed by atoms with Crippen LogP contribution in [0.4, 0.5) is 0 Å². The standard InChI is InChI=1S/C16H28N4S.HI/c1-12-7-5-6-8-14(12)9-18-16(17-3)20(4)10-15-11-21-13(2)19-15;/h11-12,14H,5-10H2,1-4H3,(H,17,18);1H. The van der Waals surface area contributed by atoms with E-state index < -0.39 is 0 Å². The highest BCUT2D eigenvalue weighted by Crippen LogP contribution is 2.28. The van der Waals surface area contributed by atoms with Gasteiger partial charge in [-0.15, -0.1) is 35.3 Å². The van der Waals surface area contributed by atoms with Crippen LogP contribution in [0.2, 0.25) is 0 Å². The van der Waals surface area contributed by atoms with Crippen molar-refractivity contribution in [3.05, 3.63) is 16.1 Å². The van der Waals surface area contributed by atoms with Gasteiger partial charge in [0.15, 0.2) is 5.96 Å². The molecule has 1 saturated carbocycles. The Kier molecular flexibility index (Phi) is 8.67. The van der Waals surface area contributed by atoms with Crippen molar-refractivity contribution in [1.82, 2.24) is 15.2 Å². The lowest BCUT2D eigenvalue weighted by Crippen LogP contribution is -2.42. The minimum absolute atomic E-state index is 0. The van der Waals surface area contributed by atoms with Gasteiger partial charge in [0.2, 0.25) is 0 Å². The number of aromatic nitrogens is 1. The lowest BCUT2D eigenvalue weighted by molar-refractivity contribution is 0.254. The van der Waals surface area contributed by atoms with Crippen LogP contribution in [-0.2, 0) is 6.54 Å². The Balaban J connectivity index is 0.00000242. The molecule has 1 aliphatic rings. The lowest BCUT2D eigenvalue weighted by atomic mass is 9.80. The summed E-state index contributed by atoms with van der Waals surface area (Å²) >= 11 is 1.70. The first-order chi connectivity index (χ1) is 10.1. The van der Waals surface area contributed by atoms with Gasteiger partial charge in [-0.25, -0.2) is 4.98 Å². The molecule has 1 aromatic rings. The van der Waals surface area contributed by atoms with Crippen molar-refractivity contribution in [2.24, 2.45) is 16.8 Å². The maximum absolute atomic E-state index is 4.52. The molecule has 0 radical (unpaired) electrons. The first-order valence-electron chi connectivity index (χ1n) is 7.93. The van der Waals surface area contributed by atoms with Crippen LogP contribution < -0.4 is 5.32 Å². The maximum Gasteiger partial charge on any atom is 0.193 e. The predicted molar refractivity (Wildman–Crippen MR) is 106 cm³/mol. The van der Waals surface area contributed by atoms with Gasteiger partial charge in [0.1, 0.15) is 0 Å². The van der Waals surface area contributed by atoms with Crippen molar-refractivity contribution < 1.29 is 0 Å². The number of aliphatic imine (C=N–C) groups is 1. The lowest BCUT2D eigenvalue weighted by Gasteiger charge is -2.30. The van der Waals surface area contributed by atoms with E-state index in [1.807, 2.05) is 14.0 Å². The van der Waals surface area contributed by atoms with Crippen LogP contribution in [0.5, 0.6) is 0 Å². The Labute approximate surface area is 155 Å². The van der Waals surface area contributed by atoms with Crippen molar-refractivity contribution in [1.29, 1.82) is 0 Å². The maximum atomic E-state index is 4.52. The normalized spacial score (nSPS) is 22.1.